The summed E-state index contributed by atoms with van der Waals surface area (Å²) in [6.45, 7) is 1.52. The summed E-state index contributed by atoms with van der Waals surface area (Å²) in [6.07, 6.45) is 4.64. The molecule has 0 spiro atoms. The molecule has 3 nitrogen and oxygen atoms in total. The molecule has 0 bridgehead atoms. The second-order valence-corrected chi connectivity index (χ2v) is 4.97. The molecular formula is C15H23ClN2O. The Kier molecular flexibility index (Phi) is 6.89. The maximum Gasteiger partial charge on any atom is 0.222 e. The van der Waals surface area contributed by atoms with Crippen molar-refractivity contribution in [1.29, 1.82) is 0 Å². The van der Waals surface area contributed by atoms with Crippen LogP contribution in [0.5, 0.6) is 0 Å². The van der Waals surface area contributed by atoms with Gasteiger partial charge in [0.25, 0.3) is 0 Å². The van der Waals surface area contributed by atoms with Crippen LogP contribution in [0, 0.1) is 0 Å². The molecule has 2 rings (SSSR count). The van der Waals surface area contributed by atoms with Crippen LogP contribution in [0.3, 0.4) is 0 Å². The molecule has 2 N–H and O–H groups in total. The van der Waals surface area contributed by atoms with Gasteiger partial charge in [0, 0.05) is 19.0 Å². The molecule has 1 aliphatic rings. The lowest BCUT2D eigenvalue weighted by Gasteiger charge is -2.25. The van der Waals surface area contributed by atoms with Gasteiger partial charge in [-0.25, -0.2) is 0 Å². The number of likely N-dealkylation sites (tertiary alicyclic amines) is 1. The first-order valence-electron chi connectivity index (χ1n) is 6.84. The SMILES string of the molecule is Cl.NCCCC(=O)N1CCCC1Cc1ccccc1. The lowest BCUT2D eigenvalue weighted by atomic mass is 10.0. The summed E-state index contributed by atoms with van der Waals surface area (Å²) in [7, 11) is 0. The zero-order chi connectivity index (χ0) is 12.8. The van der Waals surface area contributed by atoms with Gasteiger partial charge in [-0.05, 0) is 37.8 Å². The first kappa shape index (κ1) is 16.0. The lowest BCUT2D eigenvalue weighted by molar-refractivity contribution is -0.132. The van der Waals surface area contributed by atoms with Crippen LogP contribution < -0.4 is 5.73 Å². The van der Waals surface area contributed by atoms with Gasteiger partial charge in [-0.1, -0.05) is 30.3 Å². The molecule has 1 amide bonds. The number of hydrogen-bond donors (Lipinski definition) is 1. The summed E-state index contributed by atoms with van der Waals surface area (Å²) in [5.74, 6) is 0.277. The predicted octanol–water partition coefficient (Wildman–Crippen LogP) is 2.38. The van der Waals surface area contributed by atoms with E-state index >= 15 is 0 Å². The molecule has 0 aliphatic carbocycles. The Morgan fingerprint density at radius 3 is 2.74 bits per heavy atom. The third kappa shape index (κ3) is 4.51. The van der Waals surface area contributed by atoms with E-state index < -0.39 is 0 Å². The maximum atomic E-state index is 12.1. The number of nitrogens with two attached hydrogens (primary N) is 1. The van der Waals surface area contributed by atoms with Crippen molar-refractivity contribution in [2.45, 2.75) is 38.1 Å². The largest absolute Gasteiger partial charge is 0.339 e. The summed E-state index contributed by atoms with van der Waals surface area (Å²) in [4.78, 5) is 14.1. The summed E-state index contributed by atoms with van der Waals surface area (Å²) in [6, 6.07) is 10.8. The van der Waals surface area contributed by atoms with E-state index in [4.69, 9.17) is 5.73 Å². The first-order valence-corrected chi connectivity index (χ1v) is 6.84. The number of benzene rings is 1. The normalized spacial score (nSPS) is 18.2. The number of nitrogens with zero attached hydrogens (tertiary/aromatic N) is 1. The molecule has 1 aliphatic heterocycles. The molecule has 1 fully saturated rings. The van der Waals surface area contributed by atoms with Gasteiger partial charge in [0.05, 0.1) is 0 Å². The Bertz CT molecular complexity index is 383. The molecule has 1 saturated heterocycles. The second kappa shape index (κ2) is 8.18. The molecule has 1 aromatic rings. The van der Waals surface area contributed by atoms with Gasteiger partial charge in [0.1, 0.15) is 0 Å². The topological polar surface area (TPSA) is 46.3 Å². The van der Waals surface area contributed by atoms with Gasteiger partial charge < -0.3 is 10.6 Å². The molecule has 1 unspecified atom stereocenters. The standard InChI is InChI=1S/C15H22N2O.ClH/c16-10-4-9-15(18)17-11-5-8-14(17)12-13-6-2-1-3-7-13;/h1-3,6-7,14H,4-5,8-12,16H2;1H. The van der Waals surface area contributed by atoms with Gasteiger partial charge in [-0.15, -0.1) is 12.4 Å². The number of carbonyl (C=O) groups excluding carboxylic acids is 1. The van der Waals surface area contributed by atoms with E-state index in [1.807, 2.05) is 6.07 Å². The van der Waals surface area contributed by atoms with Gasteiger partial charge >= 0.3 is 0 Å². The van der Waals surface area contributed by atoms with Crippen LogP contribution >= 0.6 is 12.4 Å². The van der Waals surface area contributed by atoms with Gasteiger partial charge in [0.15, 0.2) is 0 Å². The van der Waals surface area contributed by atoms with Crippen molar-refractivity contribution < 1.29 is 4.79 Å². The molecule has 4 heteroatoms. The minimum atomic E-state index is 0. The molecule has 0 saturated carbocycles. The van der Waals surface area contributed by atoms with E-state index in [0.717, 1.165) is 32.2 Å². The number of carbonyl (C=O) groups is 1. The zero-order valence-electron chi connectivity index (χ0n) is 11.3. The van der Waals surface area contributed by atoms with Crippen LogP contribution in [-0.4, -0.2) is 29.9 Å². The van der Waals surface area contributed by atoms with E-state index in [-0.39, 0.29) is 18.3 Å². The Morgan fingerprint density at radius 2 is 2.05 bits per heavy atom. The van der Waals surface area contributed by atoms with Crippen molar-refractivity contribution in [2.75, 3.05) is 13.1 Å². The fraction of sp³-hybridized carbons (Fsp3) is 0.533. The Morgan fingerprint density at radius 1 is 1.32 bits per heavy atom. The van der Waals surface area contributed by atoms with Crippen LogP contribution in [0.25, 0.3) is 0 Å². The highest BCUT2D eigenvalue weighted by molar-refractivity contribution is 5.85. The smallest absolute Gasteiger partial charge is 0.222 e. The Labute approximate surface area is 121 Å². The highest BCUT2D eigenvalue weighted by atomic mass is 35.5. The second-order valence-electron chi connectivity index (χ2n) is 4.97. The Balaban J connectivity index is 0.00000180. The molecule has 19 heavy (non-hydrogen) atoms. The van der Waals surface area contributed by atoms with Crippen LogP contribution in [-0.2, 0) is 11.2 Å². The molecular weight excluding hydrogens is 260 g/mol. The average Bonchev–Trinajstić information content (AvgIpc) is 2.85. The van der Waals surface area contributed by atoms with Crippen molar-refractivity contribution in [2.24, 2.45) is 5.73 Å². The van der Waals surface area contributed by atoms with E-state index in [0.29, 0.717) is 19.0 Å². The highest BCUT2D eigenvalue weighted by Crippen LogP contribution is 2.22. The summed E-state index contributed by atoms with van der Waals surface area (Å²) in [5, 5.41) is 0. The number of halogens is 1. The highest BCUT2D eigenvalue weighted by Gasteiger charge is 2.27. The van der Waals surface area contributed by atoms with Gasteiger partial charge in [-0.3, -0.25) is 4.79 Å². The summed E-state index contributed by atoms with van der Waals surface area (Å²) < 4.78 is 0. The van der Waals surface area contributed by atoms with Crippen molar-refractivity contribution in [1.82, 2.24) is 4.90 Å². The van der Waals surface area contributed by atoms with Crippen molar-refractivity contribution in [3.63, 3.8) is 0 Å². The molecule has 0 aromatic heterocycles. The van der Waals surface area contributed by atoms with E-state index in [2.05, 4.69) is 29.2 Å². The van der Waals surface area contributed by atoms with Crippen LogP contribution in [0.2, 0.25) is 0 Å². The van der Waals surface area contributed by atoms with Crippen molar-refractivity contribution >= 4 is 18.3 Å². The monoisotopic (exact) mass is 282 g/mol. The lowest BCUT2D eigenvalue weighted by Crippen LogP contribution is -2.36. The molecule has 1 atom stereocenters. The third-order valence-electron chi connectivity index (χ3n) is 3.61. The summed E-state index contributed by atoms with van der Waals surface area (Å²) in [5.41, 5.74) is 6.78. The molecule has 106 valence electrons. The molecule has 1 heterocycles. The van der Waals surface area contributed by atoms with Crippen LogP contribution in [0.4, 0.5) is 0 Å². The van der Waals surface area contributed by atoms with Crippen LogP contribution in [0.15, 0.2) is 30.3 Å². The number of amides is 1. The quantitative estimate of drug-likeness (QED) is 0.901. The predicted molar refractivity (Wildman–Crippen MR) is 80.4 cm³/mol. The first-order chi connectivity index (χ1) is 8.81. The molecule has 1 aromatic carbocycles. The fourth-order valence-electron chi connectivity index (χ4n) is 2.66. The Hall–Kier alpha value is -1.06. The van der Waals surface area contributed by atoms with Crippen LogP contribution in [0.1, 0.15) is 31.2 Å². The zero-order valence-corrected chi connectivity index (χ0v) is 12.1. The minimum absolute atomic E-state index is 0. The van der Waals surface area contributed by atoms with Crippen molar-refractivity contribution in [3.05, 3.63) is 35.9 Å². The average molecular weight is 283 g/mol. The number of rotatable bonds is 5. The van der Waals surface area contributed by atoms with Gasteiger partial charge in [-0.2, -0.15) is 0 Å². The van der Waals surface area contributed by atoms with Gasteiger partial charge in [0.2, 0.25) is 5.91 Å². The van der Waals surface area contributed by atoms with E-state index in [9.17, 15) is 4.79 Å². The third-order valence-corrected chi connectivity index (χ3v) is 3.61. The van der Waals surface area contributed by atoms with E-state index in [1.165, 1.54) is 5.56 Å². The van der Waals surface area contributed by atoms with Crippen molar-refractivity contribution in [3.8, 4) is 0 Å². The number of hydrogen-bond acceptors (Lipinski definition) is 2. The fourth-order valence-corrected chi connectivity index (χ4v) is 2.66. The summed E-state index contributed by atoms with van der Waals surface area (Å²) >= 11 is 0. The maximum absolute atomic E-state index is 12.1. The van der Waals surface area contributed by atoms with E-state index in [1.54, 1.807) is 0 Å². The molecule has 0 radical (unpaired) electrons. The minimum Gasteiger partial charge on any atom is -0.339 e.